The Bertz CT molecular complexity index is 1070. The highest BCUT2D eigenvalue weighted by atomic mass is 79.9. The lowest BCUT2D eigenvalue weighted by molar-refractivity contribution is -0.152. The predicted molar refractivity (Wildman–Crippen MR) is 124 cm³/mol. The van der Waals surface area contributed by atoms with Crippen molar-refractivity contribution in [1.29, 1.82) is 0 Å². The minimum absolute atomic E-state index is 0.0803. The van der Waals surface area contributed by atoms with Gasteiger partial charge in [0.2, 0.25) is 6.04 Å². The van der Waals surface area contributed by atoms with E-state index in [1.54, 1.807) is 33.8 Å². The summed E-state index contributed by atoms with van der Waals surface area (Å²) in [5, 5.41) is 5.51. The van der Waals surface area contributed by atoms with E-state index in [0.29, 0.717) is 44.8 Å². The Balaban J connectivity index is 2.01. The highest BCUT2D eigenvalue weighted by Gasteiger charge is 2.43. The van der Waals surface area contributed by atoms with Crippen LogP contribution in [0.15, 0.2) is 16.7 Å². The van der Waals surface area contributed by atoms with Crippen LogP contribution in [0.4, 0.5) is 4.79 Å². The van der Waals surface area contributed by atoms with Crippen molar-refractivity contribution in [2.45, 2.75) is 58.2 Å². The van der Waals surface area contributed by atoms with Gasteiger partial charge in [-0.15, -0.1) is 0 Å². The molecule has 8 nitrogen and oxygen atoms in total. The van der Waals surface area contributed by atoms with Crippen LogP contribution in [0.25, 0.3) is 10.9 Å². The first kappa shape index (κ1) is 24.8. The molecule has 2 atom stereocenters. The summed E-state index contributed by atoms with van der Waals surface area (Å²) in [4.78, 5) is 40.4. The second kappa shape index (κ2) is 9.57. The molecule has 2 aromatic rings. The van der Waals surface area contributed by atoms with Gasteiger partial charge in [0.1, 0.15) is 11.1 Å². The molecule has 174 valence electrons. The predicted octanol–water partition coefficient (Wildman–Crippen LogP) is 5.18. The molecular weight excluding hydrogens is 525 g/mol. The van der Waals surface area contributed by atoms with Crippen LogP contribution in [0.5, 0.6) is 0 Å². The summed E-state index contributed by atoms with van der Waals surface area (Å²) in [5.74, 6) is -1.28. The first-order valence-corrected chi connectivity index (χ1v) is 11.7. The number of nitrogens with zero attached hydrogens (tertiary/aromatic N) is 3. The van der Waals surface area contributed by atoms with Crippen LogP contribution in [-0.2, 0) is 19.1 Å². The number of likely N-dealkylation sites (tertiary alicyclic amines) is 1. The van der Waals surface area contributed by atoms with Gasteiger partial charge in [0.25, 0.3) is 0 Å². The van der Waals surface area contributed by atoms with E-state index < -0.39 is 35.5 Å². The molecule has 0 spiro atoms. The zero-order valence-corrected chi connectivity index (χ0v) is 21.3. The van der Waals surface area contributed by atoms with Gasteiger partial charge in [-0.25, -0.2) is 14.3 Å². The average molecular weight is 549 g/mol. The molecule has 2 heterocycles. The molecule has 1 aromatic heterocycles. The number of hydrogen-bond donors (Lipinski definition) is 0. The van der Waals surface area contributed by atoms with Crippen molar-refractivity contribution >= 4 is 67.9 Å². The highest BCUT2D eigenvalue weighted by molar-refractivity contribution is 9.10. The van der Waals surface area contributed by atoms with E-state index >= 15 is 0 Å². The van der Waals surface area contributed by atoms with Gasteiger partial charge in [0, 0.05) is 22.6 Å². The highest BCUT2D eigenvalue weighted by Crippen LogP contribution is 2.36. The molecule has 0 radical (unpaired) electrons. The van der Waals surface area contributed by atoms with Crippen LogP contribution in [0.3, 0.4) is 0 Å². The smallest absolute Gasteiger partial charge is 0.410 e. The van der Waals surface area contributed by atoms with E-state index in [-0.39, 0.29) is 6.61 Å². The molecule has 1 fully saturated rings. The van der Waals surface area contributed by atoms with Gasteiger partial charge < -0.3 is 9.47 Å². The largest absolute Gasteiger partial charge is 0.464 e. The zero-order chi connectivity index (χ0) is 23.8. The third-order valence-corrected chi connectivity index (χ3v) is 6.46. The Hall–Kier alpha value is -1.84. The third kappa shape index (κ3) is 5.05. The lowest BCUT2D eigenvalue weighted by atomic mass is 10.0. The normalized spacial score (nSPS) is 17.5. The molecule has 3 rings (SSSR count). The number of rotatable bonds is 5. The Morgan fingerprint density at radius 3 is 2.62 bits per heavy atom. The number of ketones is 1. The number of halogens is 3. The Kier molecular flexibility index (Phi) is 7.41. The fraction of sp³-hybridized carbons (Fsp3) is 0.524. The molecule has 0 N–H and O–H groups in total. The van der Waals surface area contributed by atoms with E-state index in [1.165, 1.54) is 15.8 Å². The maximum atomic E-state index is 13.6. The van der Waals surface area contributed by atoms with Crippen molar-refractivity contribution in [2.75, 3.05) is 13.2 Å². The molecule has 0 aliphatic carbocycles. The molecule has 32 heavy (non-hydrogen) atoms. The first-order chi connectivity index (χ1) is 14.9. The van der Waals surface area contributed by atoms with Crippen LogP contribution < -0.4 is 0 Å². The quantitative estimate of drug-likeness (QED) is 0.290. The van der Waals surface area contributed by atoms with E-state index in [9.17, 15) is 14.4 Å². The van der Waals surface area contributed by atoms with Crippen molar-refractivity contribution in [3.8, 4) is 0 Å². The van der Waals surface area contributed by atoms with Gasteiger partial charge in [-0.3, -0.25) is 9.69 Å². The number of fused-ring (bicyclic) bond motifs is 1. The minimum atomic E-state index is -1.40. The van der Waals surface area contributed by atoms with Gasteiger partial charge in [-0.2, -0.15) is 5.10 Å². The lowest BCUT2D eigenvalue weighted by Crippen LogP contribution is -2.47. The van der Waals surface area contributed by atoms with E-state index in [4.69, 9.17) is 32.7 Å². The number of carbonyl (C=O) groups excluding carboxylic acids is 3. The monoisotopic (exact) mass is 547 g/mol. The van der Waals surface area contributed by atoms with Crippen molar-refractivity contribution in [2.24, 2.45) is 0 Å². The topological polar surface area (TPSA) is 90.7 Å². The molecule has 1 saturated heterocycles. The average Bonchev–Trinajstić information content (AvgIpc) is 3.33. The summed E-state index contributed by atoms with van der Waals surface area (Å²) in [5.41, 5.74) is -0.377. The summed E-state index contributed by atoms with van der Waals surface area (Å²) >= 11 is 16.0. The van der Waals surface area contributed by atoms with Crippen LogP contribution in [-0.4, -0.2) is 57.3 Å². The van der Waals surface area contributed by atoms with Crippen LogP contribution in [0.2, 0.25) is 10.0 Å². The fourth-order valence-electron chi connectivity index (χ4n) is 3.59. The minimum Gasteiger partial charge on any atom is -0.464 e. The third-order valence-electron chi connectivity index (χ3n) is 4.91. The molecular formula is C21H24BrCl2N3O5. The second-order valence-electron chi connectivity index (χ2n) is 8.41. The SMILES string of the molecule is CCOC(=O)C(C(=O)C1CCCN1C(=O)OC(C)(C)C)n1cc2c(Cl)cc(Br)c(Cl)c2n1. The molecule has 1 aromatic carbocycles. The molecule has 0 bridgehead atoms. The Labute approximate surface area is 204 Å². The molecule has 0 saturated carbocycles. The summed E-state index contributed by atoms with van der Waals surface area (Å²) < 4.78 is 12.4. The van der Waals surface area contributed by atoms with Gasteiger partial charge >= 0.3 is 12.1 Å². The zero-order valence-electron chi connectivity index (χ0n) is 18.2. The number of carbonyl (C=O) groups is 3. The molecule has 1 aliphatic heterocycles. The van der Waals surface area contributed by atoms with Crippen molar-refractivity contribution < 1.29 is 23.9 Å². The van der Waals surface area contributed by atoms with E-state index in [0.717, 1.165) is 0 Å². The Morgan fingerprint density at radius 2 is 2.00 bits per heavy atom. The molecule has 1 aliphatic rings. The standard InChI is InChI=1S/C21H24BrCl2N3O5/c1-5-31-19(29)17(27-10-11-13(23)9-12(22)15(24)16(11)25-27)18(28)14-7-6-8-26(14)20(30)32-21(2,3)4/h9-10,14,17H,5-8H2,1-4H3. The maximum absolute atomic E-state index is 13.6. The van der Waals surface area contributed by atoms with Crippen LogP contribution in [0, 0.1) is 0 Å². The maximum Gasteiger partial charge on any atom is 0.410 e. The second-order valence-corrected chi connectivity index (χ2v) is 10.1. The number of hydrogen-bond acceptors (Lipinski definition) is 6. The number of amides is 1. The van der Waals surface area contributed by atoms with Crippen LogP contribution >= 0.6 is 39.1 Å². The number of benzene rings is 1. The number of aromatic nitrogens is 2. The number of esters is 1. The summed E-state index contributed by atoms with van der Waals surface area (Å²) in [6.07, 6.45) is 1.90. The van der Waals surface area contributed by atoms with Crippen molar-refractivity contribution in [3.05, 3.63) is 26.8 Å². The molecule has 1 amide bonds. The lowest BCUT2D eigenvalue weighted by Gasteiger charge is -2.29. The summed E-state index contributed by atoms with van der Waals surface area (Å²) in [6, 6.07) is -0.633. The van der Waals surface area contributed by atoms with Crippen LogP contribution in [0.1, 0.15) is 46.6 Å². The summed E-state index contributed by atoms with van der Waals surface area (Å²) in [7, 11) is 0. The summed E-state index contributed by atoms with van der Waals surface area (Å²) in [6.45, 7) is 7.33. The van der Waals surface area contributed by atoms with E-state index in [1.807, 2.05) is 0 Å². The van der Waals surface area contributed by atoms with Gasteiger partial charge in [0.05, 0.1) is 22.7 Å². The van der Waals surface area contributed by atoms with Gasteiger partial charge in [0.15, 0.2) is 5.78 Å². The number of Topliss-reactive ketones (excluding diaryl/α,β-unsaturated/α-hetero) is 1. The van der Waals surface area contributed by atoms with E-state index in [2.05, 4.69) is 21.0 Å². The number of ether oxygens (including phenoxy) is 2. The Morgan fingerprint density at radius 1 is 1.31 bits per heavy atom. The van der Waals surface area contributed by atoms with Crippen molar-refractivity contribution in [3.63, 3.8) is 0 Å². The molecule has 11 heteroatoms. The fourth-order valence-corrected chi connectivity index (χ4v) is 4.58. The first-order valence-electron chi connectivity index (χ1n) is 10.2. The van der Waals surface area contributed by atoms with Gasteiger partial charge in [-0.1, -0.05) is 23.2 Å². The van der Waals surface area contributed by atoms with Gasteiger partial charge in [-0.05, 0) is 62.5 Å². The molecule has 2 unspecified atom stereocenters. The van der Waals surface area contributed by atoms with Crippen molar-refractivity contribution in [1.82, 2.24) is 14.7 Å².